The van der Waals surface area contributed by atoms with Gasteiger partial charge in [-0.2, -0.15) is 0 Å². The molecular formula is C41H46N4O5. The smallest absolute Gasteiger partial charge is 0.228 e. The van der Waals surface area contributed by atoms with Crippen molar-refractivity contribution in [3.05, 3.63) is 120 Å². The maximum absolute atomic E-state index is 13.7. The number of carbonyl (C=O) groups excluding carboxylic acids is 2. The van der Waals surface area contributed by atoms with Crippen molar-refractivity contribution >= 4 is 28.4 Å². The molecule has 1 aliphatic rings. The van der Waals surface area contributed by atoms with E-state index in [9.17, 15) is 14.7 Å². The summed E-state index contributed by atoms with van der Waals surface area (Å²) in [5, 5.41) is 14.1. The molecule has 2 heterocycles. The van der Waals surface area contributed by atoms with Gasteiger partial charge in [-0.1, -0.05) is 55.5 Å². The second-order valence-electron chi connectivity index (χ2n) is 13.5. The van der Waals surface area contributed by atoms with Crippen LogP contribution in [-0.2, 0) is 36.0 Å². The van der Waals surface area contributed by atoms with Gasteiger partial charge in [-0.05, 0) is 73.6 Å². The number of ether oxygens (including phenoxy) is 2. The van der Waals surface area contributed by atoms with E-state index in [1.807, 2.05) is 110 Å². The Balaban J connectivity index is 1.17. The number of likely N-dealkylation sites (N-methyl/N-ethyl adjacent to an activating group) is 1. The Hall–Kier alpha value is -5.12. The molecule has 260 valence electrons. The van der Waals surface area contributed by atoms with Gasteiger partial charge in [-0.25, -0.2) is 0 Å². The van der Waals surface area contributed by atoms with Crippen LogP contribution >= 0.6 is 0 Å². The lowest BCUT2D eigenvalue weighted by Gasteiger charge is -2.34. The van der Waals surface area contributed by atoms with E-state index in [1.165, 1.54) is 0 Å². The molecule has 5 aromatic rings. The minimum atomic E-state index is -0.343. The van der Waals surface area contributed by atoms with E-state index in [0.717, 1.165) is 33.5 Å². The number of fused-ring (bicyclic) bond motifs is 2. The van der Waals surface area contributed by atoms with E-state index in [4.69, 9.17) is 9.47 Å². The Morgan fingerprint density at radius 1 is 1.02 bits per heavy atom. The van der Waals surface area contributed by atoms with Crippen molar-refractivity contribution in [2.75, 3.05) is 32.1 Å². The first-order valence-electron chi connectivity index (χ1n) is 17.2. The molecule has 3 atom stereocenters. The fraction of sp³-hybridized carbons (Fsp3) is 0.317. The standard InChI is InChI=1S/C41H46N4O5/c1-28-23-45(29(2)27-46)41(48)22-31-20-33(42-40(47)21-32-25-44(4)37-13-9-8-12-36(32)37)16-19-38(31)50-39(28)26-43(3)24-30-14-17-35(18-15-30)49-34-10-6-5-7-11-34/h5-20,25,28-29,39,46H,21-24,26-27H2,1-4H3,(H,42,47)/t28-,29+,39+/m0/s1. The highest BCUT2D eigenvalue weighted by Gasteiger charge is 2.31. The van der Waals surface area contributed by atoms with Gasteiger partial charge in [0.15, 0.2) is 0 Å². The molecule has 0 aliphatic carbocycles. The lowest BCUT2D eigenvalue weighted by molar-refractivity contribution is -0.134. The molecule has 2 N–H and O–H groups in total. The lowest BCUT2D eigenvalue weighted by atomic mass is 10.0. The predicted molar refractivity (Wildman–Crippen MR) is 197 cm³/mol. The maximum atomic E-state index is 13.7. The summed E-state index contributed by atoms with van der Waals surface area (Å²) in [6.45, 7) is 5.58. The van der Waals surface area contributed by atoms with Crippen molar-refractivity contribution in [3.63, 3.8) is 0 Å². The molecule has 0 fully saturated rings. The monoisotopic (exact) mass is 674 g/mol. The number of anilines is 1. The second-order valence-corrected chi connectivity index (χ2v) is 13.5. The number of hydrogen-bond donors (Lipinski definition) is 2. The van der Waals surface area contributed by atoms with Crippen molar-refractivity contribution in [1.29, 1.82) is 0 Å². The summed E-state index contributed by atoms with van der Waals surface area (Å²) in [7, 11) is 4.04. The second kappa shape index (κ2) is 15.6. The number of aromatic nitrogens is 1. The van der Waals surface area contributed by atoms with Crippen molar-refractivity contribution in [3.8, 4) is 17.2 Å². The number of benzene rings is 4. The molecule has 0 spiro atoms. The van der Waals surface area contributed by atoms with Crippen LogP contribution in [0, 0.1) is 5.92 Å². The van der Waals surface area contributed by atoms with E-state index in [-0.39, 0.29) is 49.3 Å². The van der Waals surface area contributed by atoms with Crippen LogP contribution in [0.2, 0.25) is 0 Å². The fourth-order valence-corrected chi connectivity index (χ4v) is 6.64. The summed E-state index contributed by atoms with van der Waals surface area (Å²) in [6.07, 6.45) is 2.07. The molecular weight excluding hydrogens is 628 g/mol. The zero-order valence-electron chi connectivity index (χ0n) is 29.2. The highest BCUT2D eigenvalue weighted by atomic mass is 16.5. The van der Waals surface area contributed by atoms with Crippen molar-refractivity contribution in [2.24, 2.45) is 13.0 Å². The molecule has 9 nitrogen and oxygen atoms in total. The molecule has 1 aromatic heterocycles. The minimum Gasteiger partial charge on any atom is -0.488 e. The third-order valence-corrected chi connectivity index (χ3v) is 9.38. The molecule has 0 unspecified atom stereocenters. The highest BCUT2D eigenvalue weighted by molar-refractivity contribution is 5.96. The number of aliphatic hydroxyl groups excluding tert-OH is 1. The number of carbonyl (C=O) groups is 2. The highest BCUT2D eigenvalue weighted by Crippen LogP contribution is 2.30. The van der Waals surface area contributed by atoms with Gasteiger partial charge in [0.1, 0.15) is 23.4 Å². The van der Waals surface area contributed by atoms with E-state index in [2.05, 4.69) is 36.3 Å². The SMILES string of the molecule is C[C@H](CO)N1C[C@H](C)[C@@H](CN(C)Cc2ccc(Oc3ccccc3)cc2)Oc2ccc(NC(=O)Cc3cn(C)c4ccccc34)cc2CC1=O. The van der Waals surface area contributed by atoms with Crippen LogP contribution in [0.3, 0.4) is 0 Å². The summed E-state index contributed by atoms with van der Waals surface area (Å²) >= 11 is 0. The van der Waals surface area contributed by atoms with Gasteiger partial charge in [-0.15, -0.1) is 0 Å². The van der Waals surface area contributed by atoms with Gasteiger partial charge in [0, 0.05) is 61.0 Å². The zero-order chi connectivity index (χ0) is 35.2. The molecule has 9 heteroatoms. The number of rotatable bonds is 11. The molecule has 2 amide bonds. The lowest BCUT2D eigenvalue weighted by Crippen LogP contribution is -2.47. The van der Waals surface area contributed by atoms with Gasteiger partial charge in [0.25, 0.3) is 0 Å². The van der Waals surface area contributed by atoms with Gasteiger partial charge < -0.3 is 29.4 Å². The van der Waals surface area contributed by atoms with Gasteiger partial charge in [0.2, 0.25) is 11.8 Å². The average molecular weight is 675 g/mol. The topological polar surface area (TPSA) is 96.3 Å². The van der Waals surface area contributed by atoms with Crippen molar-refractivity contribution in [2.45, 2.75) is 45.4 Å². The minimum absolute atomic E-state index is 0.0249. The first kappa shape index (κ1) is 34.7. The van der Waals surface area contributed by atoms with Gasteiger partial charge in [-0.3, -0.25) is 14.5 Å². The summed E-state index contributed by atoms with van der Waals surface area (Å²) < 4.78 is 14.7. The van der Waals surface area contributed by atoms with Crippen LogP contribution in [0.15, 0.2) is 103 Å². The molecule has 0 bridgehead atoms. The number of nitrogens with zero attached hydrogens (tertiary/aromatic N) is 3. The number of hydrogen-bond acceptors (Lipinski definition) is 6. The summed E-state index contributed by atoms with van der Waals surface area (Å²) in [5.74, 6) is 1.94. The Morgan fingerprint density at radius 3 is 2.50 bits per heavy atom. The molecule has 0 saturated heterocycles. The molecule has 1 aliphatic heterocycles. The Morgan fingerprint density at radius 2 is 1.74 bits per heavy atom. The van der Waals surface area contributed by atoms with E-state index < -0.39 is 0 Å². The number of para-hydroxylation sites is 2. The zero-order valence-corrected chi connectivity index (χ0v) is 29.2. The van der Waals surface area contributed by atoms with Crippen LogP contribution in [0.5, 0.6) is 17.2 Å². The Kier molecular flexibility index (Phi) is 10.8. The Bertz CT molecular complexity index is 1920. The fourth-order valence-electron chi connectivity index (χ4n) is 6.64. The van der Waals surface area contributed by atoms with Crippen molar-refractivity contribution in [1.82, 2.24) is 14.4 Å². The van der Waals surface area contributed by atoms with Crippen LogP contribution < -0.4 is 14.8 Å². The number of amides is 2. The third kappa shape index (κ3) is 8.35. The summed E-state index contributed by atoms with van der Waals surface area (Å²) in [6, 6.07) is 31.0. The van der Waals surface area contributed by atoms with Gasteiger partial charge in [0.05, 0.1) is 25.5 Å². The first-order chi connectivity index (χ1) is 24.2. The molecule has 50 heavy (non-hydrogen) atoms. The quantitative estimate of drug-likeness (QED) is 0.168. The van der Waals surface area contributed by atoms with Gasteiger partial charge >= 0.3 is 0 Å². The number of aryl methyl sites for hydroxylation is 1. The van der Waals surface area contributed by atoms with Crippen LogP contribution in [0.4, 0.5) is 5.69 Å². The number of nitrogens with one attached hydrogen (secondary N) is 1. The average Bonchev–Trinajstić information content (AvgIpc) is 3.44. The van der Waals surface area contributed by atoms with E-state index in [0.29, 0.717) is 36.6 Å². The van der Waals surface area contributed by atoms with E-state index >= 15 is 0 Å². The largest absolute Gasteiger partial charge is 0.488 e. The third-order valence-electron chi connectivity index (χ3n) is 9.38. The van der Waals surface area contributed by atoms with E-state index in [1.54, 1.807) is 4.90 Å². The molecule has 0 saturated carbocycles. The van der Waals surface area contributed by atoms with Crippen LogP contribution in [0.25, 0.3) is 10.9 Å². The maximum Gasteiger partial charge on any atom is 0.228 e. The number of aliphatic hydroxyl groups is 1. The molecule has 0 radical (unpaired) electrons. The molecule has 6 rings (SSSR count). The van der Waals surface area contributed by atoms with Crippen molar-refractivity contribution < 1.29 is 24.2 Å². The predicted octanol–water partition coefficient (Wildman–Crippen LogP) is 6.43. The first-order valence-corrected chi connectivity index (χ1v) is 17.2. The molecule has 4 aromatic carbocycles. The summed E-state index contributed by atoms with van der Waals surface area (Å²) in [4.78, 5) is 30.9. The van der Waals surface area contributed by atoms with Crippen LogP contribution in [0.1, 0.15) is 30.5 Å². The summed E-state index contributed by atoms with van der Waals surface area (Å²) in [5.41, 5.74) is 4.47. The normalized spacial score (nSPS) is 17.0. The Labute approximate surface area is 294 Å². The van der Waals surface area contributed by atoms with Crippen LogP contribution in [-0.4, -0.2) is 70.2 Å².